The van der Waals surface area contributed by atoms with Crippen molar-refractivity contribution in [1.82, 2.24) is 5.32 Å². The van der Waals surface area contributed by atoms with Gasteiger partial charge in [0.25, 0.3) is 5.91 Å². The lowest BCUT2D eigenvalue weighted by Gasteiger charge is -2.12. The first-order valence-corrected chi connectivity index (χ1v) is 6.09. The zero-order chi connectivity index (χ0) is 14.7. The molecule has 2 unspecified atom stereocenters. The minimum Gasteiger partial charge on any atom is -0.479 e. The fourth-order valence-electron chi connectivity index (χ4n) is 2.02. The number of carboxylic acid groups (broad SMARTS) is 1. The van der Waals surface area contributed by atoms with Gasteiger partial charge in [-0.25, -0.2) is 13.6 Å². The van der Waals surface area contributed by atoms with Crippen LogP contribution in [0.5, 0.6) is 0 Å². The number of carbonyl (C=O) groups excluding carboxylic acids is 1. The second kappa shape index (κ2) is 5.96. The van der Waals surface area contributed by atoms with Gasteiger partial charge in [0.1, 0.15) is 0 Å². The molecule has 1 saturated heterocycles. The normalized spacial score (nSPS) is 21.7. The van der Waals surface area contributed by atoms with Crippen molar-refractivity contribution in [3.05, 3.63) is 35.4 Å². The molecule has 2 rings (SSSR count). The van der Waals surface area contributed by atoms with Crippen LogP contribution in [0.1, 0.15) is 23.2 Å². The van der Waals surface area contributed by atoms with Crippen LogP contribution in [0.4, 0.5) is 8.78 Å². The summed E-state index contributed by atoms with van der Waals surface area (Å²) in [5, 5.41) is 11.2. The zero-order valence-corrected chi connectivity index (χ0v) is 10.4. The summed E-state index contributed by atoms with van der Waals surface area (Å²) in [6.07, 6.45) is -0.452. The van der Waals surface area contributed by atoms with Crippen LogP contribution in [-0.2, 0) is 9.53 Å². The molecule has 0 spiro atoms. The van der Waals surface area contributed by atoms with Gasteiger partial charge >= 0.3 is 5.97 Å². The Labute approximate surface area is 113 Å². The molecule has 1 aromatic rings. The molecule has 1 aliphatic rings. The highest BCUT2D eigenvalue weighted by atomic mass is 19.2. The molecule has 1 amide bonds. The predicted octanol–water partition coefficient (Wildman–Crippen LogP) is 1.33. The van der Waals surface area contributed by atoms with Crippen LogP contribution in [0.25, 0.3) is 0 Å². The number of nitrogens with one attached hydrogen (secondary N) is 1. The van der Waals surface area contributed by atoms with Crippen LogP contribution in [-0.4, -0.2) is 35.7 Å². The Hall–Kier alpha value is -2.02. The van der Waals surface area contributed by atoms with Crippen molar-refractivity contribution in [1.29, 1.82) is 0 Å². The summed E-state index contributed by atoms with van der Waals surface area (Å²) in [5.74, 6) is -4.11. The van der Waals surface area contributed by atoms with E-state index in [4.69, 9.17) is 9.84 Å². The van der Waals surface area contributed by atoms with E-state index in [1.54, 1.807) is 0 Å². The number of rotatable bonds is 4. The lowest BCUT2D eigenvalue weighted by molar-refractivity contribution is -0.149. The first-order chi connectivity index (χ1) is 9.49. The van der Waals surface area contributed by atoms with E-state index in [0.29, 0.717) is 12.8 Å². The number of carboxylic acids is 1. The molecule has 1 heterocycles. The molecule has 2 N–H and O–H groups in total. The number of amides is 1. The maximum Gasteiger partial charge on any atom is 0.332 e. The Morgan fingerprint density at radius 1 is 1.35 bits per heavy atom. The van der Waals surface area contributed by atoms with Crippen LogP contribution in [0, 0.1) is 11.6 Å². The third kappa shape index (κ3) is 3.11. The van der Waals surface area contributed by atoms with Crippen LogP contribution in [0.15, 0.2) is 18.2 Å². The summed E-state index contributed by atoms with van der Waals surface area (Å²) >= 11 is 0. The smallest absolute Gasteiger partial charge is 0.332 e. The van der Waals surface area contributed by atoms with Crippen molar-refractivity contribution in [3.8, 4) is 0 Å². The van der Waals surface area contributed by atoms with Crippen molar-refractivity contribution in [2.45, 2.75) is 25.0 Å². The molecular formula is C13H13F2NO4. The van der Waals surface area contributed by atoms with Crippen LogP contribution >= 0.6 is 0 Å². The number of carbonyl (C=O) groups is 2. The van der Waals surface area contributed by atoms with E-state index in [1.165, 1.54) is 12.1 Å². The van der Waals surface area contributed by atoms with Crippen molar-refractivity contribution in [2.24, 2.45) is 0 Å². The van der Waals surface area contributed by atoms with Crippen molar-refractivity contribution in [2.75, 3.05) is 6.54 Å². The summed E-state index contributed by atoms with van der Waals surface area (Å²) in [4.78, 5) is 22.4. The highest BCUT2D eigenvalue weighted by Gasteiger charge is 2.30. The summed E-state index contributed by atoms with van der Waals surface area (Å²) in [6, 6.07) is 3.33. The van der Waals surface area contributed by atoms with E-state index in [1.807, 2.05) is 0 Å². The number of halogens is 2. The monoisotopic (exact) mass is 285 g/mol. The predicted molar refractivity (Wildman–Crippen MR) is 64.2 cm³/mol. The molecule has 20 heavy (non-hydrogen) atoms. The van der Waals surface area contributed by atoms with Gasteiger partial charge in [0.05, 0.1) is 11.7 Å². The Morgan fingerprint density at radius 2 is 2.10 bits per heavy atom. The third-order valence-corrected chi connectivity index (χ3v) is 3.07. The third-order valence-electron chi connectivity index (χ3n) is 3.07. The summed E-state index contributed by atoms with van der Waals surface area (Å²) < 4.78 is 31.5. The highest BCUT2D eigenvalue weighted by Crippen LogP contribution is 2.19. The summed E-state index contributed by atoms with van der Waals surface area (Å²) in [5.41, 5.74) is -0.391. The summed E-state index contributed by atoms with van der Waals surface area (Å²) in [7, 11) is 0. The lowest BCUT2D eigenvalue weighted by Crippen LogP contribution is -2.33. The number of aliphatic carboxylic acids is 1. The minimum absolute atomic E-state index is 0.0541. The van der Waals surface area contributed by atoms with E-state index < -0.39 is 41.3 Å². The molecule has 0 radical (unpaired) electrons. The van der Waals surface area contributed by atoms with E-state index >= 15 is 0 Å². The number of hydrogen-bond donors (Lipinski definition) is 2. The summed E-state index contributed by atoms with van der Waals surface area (Å²) in [6.45, 7) is 0.0541. The molecule has 0 bridgehead atoms. The highest BCUT2D eigenvalue weighted by molar-refractivity contribution is 5.94. The Bertz CT molecular complexity index is 535. The molecule has 108 valence electrons. The average molecular weight is 285 g/mol. The Morgan fingerprint density at radius 3 is 2.75 bits per heavy atom. The van der Waals surface area contributed by atoms with Gasteiger partial charge in [0.15, 0.2) is 17.7 Å². The Balaban J connectivity index is 1.90. The van der Waals surface area contributed by atoms with E-state index in [0.717, 1.165) is 6.07 Å². The van der Waals surface area contributed by atoms with Gasteiger partial charge in [-0.05, 0) is 25.0 Å². The number of ether oxygens (including phenoxy) is 1. The SMILES string of the molecule is O=C(NCC1CCC(C(=O)O)O1)c1cccc(F)c1F. The molecule has 0 aliphatic carbocycles. The van der Waals surface area contributed by atoms with Gasteiger partial charge in [0.2, 0.25) is 0 Å². The lowest BCUT2D eigenvalue weighted by atomic mass is 10.1. The molecule has 0 saturated carbocycles. The molecule has 1 aromatic carbocycles. The van der Waals surface area contributed by atoms with Crippen LogP contribution in [0.2, 0.25) is 0 Å². The van der Waals surface area contributed by atoms with Crippen LogP contribution in [0.3, 0.4) is 0 Å². The second-order valence-electron chi connectivity index (χ2n) is 4.47. The first kappa shape index (κ1) is 14.4. The van der Waals surface area contributed by atoms with Crippen molar-refractivity contribution in [3.63, 3.8) is 0 Å². The molecular weight excluding hydrogens is 272 g/mol. The van der Waals surface area contributed by atoms with Crippen molar-refractivity contribution >= 4 is 11.9 Å². The average Bonchev–Trinajstić information content (AvgIpc) is 2.88. The van der Waals surface area contributed by atoms with Gasteiger partial charge in [0, 0.05) is 6.54 Å². The fourth-order valence-corrected chi connectivity index (χ4v) is 2.02. The van der Waals surface area contributed by atoms with Gasteiger partial charge in [-0.15, -0.1) is 0 Å². The fraction of sp³-hybridized carbons (Fsp3) is 0.385. The number of hydrogen-bond acceptors (Lipinski definition) is 3. The quantitative estimate of drug-likeness (QED) is 0.875. The van der Waals surface area contributed by atoms with Crippen LogP contribution < -0.4 is 5.32 Å². The molecule has 1 aliphatic heterocycles. The molecule has 0 aromatic heterocycles. The van der Waals surface area contributed by atoms with Gasteiger partial charge in [-0.1, -0.05) is 6.07 Å². The maximum atomic E-state index is 13.4. The second-order valence-corrected chi connectivity index (χ2v) is 4.47. The van der Waals surface area contributed by atoms with Gasteiger partial charge < -0.3 is 15.2 Å². The van der Waals surface area contributed by atoms with E-state index in [2.05, 4.69) is 5.32 Å². The minimum atomic E-state index is -1.21. The van der Waals surface area contributed by atoms with Crippen molar-refractivity contribution < 1.29 is 28.2 Å². The standard InChI is InChI=1S/C13H13F2NO4/c14-9-3-1-2-8(11(9)15)12(17)16-6-7-4-5-10(20-7)13(18)19/h1-3,7,10H,4-6H2,(H,16,17)(H,18,19). The molecule has 7 heteroatoms. The maximum absolute atomic E-state index is 13.4. The largest absolute Gasteiger partial charge is 0.479 e. The molecule has 5 nitrogen and oxygen atoms in total. The molecule has 2 atom stereocenters. The van der Waals surface area contributed by atoms with Gasteiger partial charge in [-0.2, -0.15) is 0 Å². The van der Waals surface area contributed by atoms with Gasteiger partial charge in [-0.3, -0.25) is 4.79 Å². The first-order valence-electron chi connectivity index (χ1n) is 6.09. The molecule has 1 fully saturated rings. The van der Waals surface area contributed by atoms with E-state index in [-0.39, 0.29) is 6.54 Å². The van der Waals surface area contributed by atoms with E-state index in [9.17, 15) is 18.4 Å². The number of benzene rings is 1. The topological polar surface area (TPSA) is 75.6 Å². The Kier molecular flexibility index (Phi) is 4.29. The zero-order valence-electron chi connectivity index (χ0n) is 10.4.